The van der Waals surface area contributed by atoms with Crippen LogP contribution in [0.4, 0.5) is 18.9 Å². The minimum absolute atomic E-state index is 0.0861. The van der Waals surface area contributed by atoms with Gasteiger partial charge in [-0.05, 0) is 30.3 Å². The van der Waals surface area contributed by atoms with E-state index in [0.717, 1.165) is 0 Å². The molecule has 1 aliphatic rings. The van der Waals surface area contributed by atoms with Gasteiger partial charge >= 0.3 is 6.18 Å². The highest BCUT2D eigenvalue weighted by molar-refractivity contribution is 6.18. The standard InChI is InChI=1S/C22H14F3N3O3/c23-22(24,25)10-18-16(21(30)15-3-1-2-4-17(15)27-18)8-14-9-20(31-28-14)12-5-6-13(11-26)19(29)7-12/h1-7,9,16,29H,8,10H2. The molecular weight excluding hydrogens is 411 g/mol. The fourth-order valence-electron chi connectivity index (χ4n) is 3.46. The molecular formula is C22H14F3N3O3. The summed E-state index contributed by atoms with van der Waals surface area (Å²) in [4.78, 5) is 17.0. The van der Waals surface area contributed by atoms with Crippen molar-refractivity contribution in [2.24, 2.45) is 10.9 Å². The quantitative estimate of drug-likeness (QED) is 0.634. The number of phenols is 1. The first-order valence-electron chi connectivity index (χ1n) is 9.21. The zero-order valence-corrected chi connectivity index (χ0v) is 15.8. The second-order valence-corrected chi connectivity index (χ2v) is 7.06. The number of aliphatic imine (C=N–C) groups is 1. The van der Waals surface area contributed by atoms with Gasteiger partial charge in [0.2, 0.25) is 0 Å². The number of nitriles is 1. The second kappa shape index (κ2) is 7.72. The van der Waals surface area contributed by atoms with E-state index in [2.05, 4.69) is 10.1 Å². The van der Waals surface area contributed by atoms with Crippen LogP contribution >= 0.6 is 0 Å². The first kappa shape index (κ1) is 20.3. The van der Waals surface area contributed by atoms with Crippen LogP contribution in [0.3, 0.4) is 0 Å². The number of ketones is 1. The predicted molar refractivity (Wildman–Crippen MR) is 104 cm³/mol. The Morgan fingerprint density at radius 3 is 2.65 bits per heavy atom. The third kappa shape index (κ3) is 4.19. The molecule has 2 aromatic carbocycles. The molecule has 0 fully saturated rings. The zero-order valence-electron chi connectivity index (χ0n) is 15.8. The van der Waals surface area contributed by atoms with E-state index in [1.54, 1.807) is 18.2 Å². The number of rotatable bonds is 4. The lowest BCUT2D eigenvalue weighted by Crippen LogP contribution is -2.32. The van der Waals surface area contributed by atoms with E-state index in [0.29, 0.717) is 5.56 Å². The van der Waals surface area contributed by atoms with Crippen molar-refractivity contribution in [1.82, 2.24) is 5.16 Å². The SMILES string of the molecule is N#Cc1ccc(-c2cc(CC3C(=O)c4ccccc4N=C3CC(F)(F)F)no2)cc1O. The van der Waals surface area contributed by atoms with E-state index >= 15 is 0 Å². The molecule has 2 heterocycles. The summed E-state index contributed by atoms with van der Waals surface area (Å²) in [5.41, 5.74) is 1.00. The summed E-state index contributed by atoms with van der Waals surface area (Å²) < 4.78 is 44.6. The Kier molecular flexibility index (Phi) is 5.07. The molecule has 0 aliphatic carbocycles. The maximum absolute atomic E-state index is 13.1. The number of para-hydroxylation sites is 1. The van der Waals surface area contributed by atoms with Gasteiger partial charge in [0.05, 0.1) is 29.3 Å². The first-order chi connectivity index (χ1) is 14.7. The number of carbonyl (C=O) groups is 1. The highest BCUT2D eigenvalue weighted by Crippen LogP contribution is 2.35. The van der Waals surface area contributed by atoms with Gasteiger partial charge < -0.3 is 9.63 Å². The topological polar surface area (TPSA) is 99.5 Å². The molecule has 9 heteroatoms. The van der Waals surface area contributed by atoms with Gasteiger partial charge in [-0.25, -0.2) is 0 Å². The van der Waals surface area contributed by atoms with Crippen molar-refractivity contribution in [3.8, 4) is 23.1 Å². The molecule has 1 aliphatic heterocycles. The molecule has 4 rings (SSSR count). The summed E-state index contributed by atoms with van der Waals surface area (Å²) in [6.45, 7) is 0. The third-order valence-corrected chi connectivity index (χ3v) is 4.91. The molecule has 3 aromatic rings. The van der Waals surface area contributed by atoms with Crippen LogP contribution in [0.25, 0.3) is 11.3 Å². The number of benzene rings is 2. The van der Waals surface area contributed by atoms with Gasteiger partial charge in [0.15, 0.2) is 11.5 Å². The van der Waals surface area contributed by atoms with Crippen molar-refractivity contribution in [3.63, 3.8) is 0 Å². The number of aromatic nitrogens is 1. The van der Waals surface area contributed by atoms with Crippen LogP contribution in [-0.2, 0) is 6.42 Å². The number of aromatic hydroxyl groups is 1. The first-order valence-corrected chi connectivity index (χ1v) is 9.21. The van der Waals surface area contributed by atoms with Crippen LogP contribution in [-0.4, -0.2) is 27.9 Å². The molecule has 6 nitrogen and oxygen atoms in total. The molecule has 0 radical (unpaired) electrons. The average Bonchev–Trinajstić information content (AvgIpc) is 3.18. The second-order valence-electron chi connectivity index (χ2n) is 7.06. The fourth-order valence-corrected chi connectivity index (χ4v) is 3.46. The molecule has 0 bridgehead atoms. The molecule has 0 saturated heterocycles. The van der Waals surface area contributed by atoms with Gasteiger partial charge in [0.25, 0.3) is 0 Å². The largest absolute Gasteiger partial charge is 0.507 e. The zero-order chi connectivity index (χ0) is 22.2. The Morgan fingerprint density at radius 1 is 1.16 bits per heavy atom. The van der Waals surface area contributed by atoms with Crippen LogP contribution in [0.1, 0.15) is 28.0 Å². The van der Waals surface area contributed by atoms with Crippen molar-refractivity contribution in [1.29, 1.82) is 5.26 Å². The number of phenolic OH excluding ortho intramolecular Hbond substituents is 1. The maximum Gasteiger partial charge on any atom is 0.394 e. The van der Waals surface area contributed by atoms with E-state index in [1.807, 2.05) is 6.07 Å². The van der Waals surface area contributed by atoms with Gasteiger partial charge in [-0.2, -0.15) is 18.4 Å². The smallest absolute Gasteiger partial charge is 0.394 e. The van der Waals surface area contributed by atoms with Crippen LogP contribution in [0.15, 0.2) is 58.0 Å². The molecule has 1 aromatic heterocycles. The van der Waals surface area contributed by atoms with Crippen LogP contribution < -0.4 is 0 Å². The van der Waals surface area contributed by atoms with Crippen molar-refractivity contribution in [2.75, 3.05) is 0 Å². The van der Waals surface area contributed by atoms with E-state index in [1.165, 1.54) is 30.3 Å². The maximum atomic E-state index is 13.1. The number of Topliss-reactive ketones (excluding diaryl/α,β-unsaturated/α-hetero) is 1. The van der Waals surface area contributed by atoms with Crippen LogP contribution in [0.5, 0.6) is 5.75 Å². The van der Waals surface area contributed by atoms with Crippen molar-refractivity contribution in [3.05, 3.63) is 65.4 Å². The Bertz CT molecular complexity index is 1240. The summed E-state index contributed by atoms with van der Waals surface area (Å²) >= 11 is 0. The number of alkyl halides is 3. The monoisotopic (exact) mass is 425 g/mol. The third-order valence-electron chi connectivity index (χ3n) is 4.91. The highest BCUT2D eigenvalue weighted by atomic mass is 19.4. The minimum Gasteiger partial charge on any atom is -0.507 e. The molecule has 0 saturated carbocycles. The van der Waals surface area contributed by atoms with E-state index in [9.17, 15) is 23.1 Å². The van der Waals surface area contributed by atoms with E-state index in [4.69, 9.17) is 9.78 Å². The van der Waals surface area contributed by atoms with Gasteiger partial charge in [-0.1, -0.05) is 17.3 Å². The number of hydrogen-bond acceptors (Lipinski definition) is 6. The molecule has 0 spiro atoms. The molecule has 1 atom stereocenters. The lowest BCUT2D eigenvalue weighted by Gasteiger charge is -2.24. The van der Waals surface area contributed by atoms with Crippen molar-refractivity contribution in [2.45, 2.75) is 19.0 Å². The van der Waals surface area contributed by atoms with Crippen LogP contribution in [0, 0.1) is 17.2 Å². The van der Waals surface area contributed by atoms with Gasteiger partial charge in [0, 0.05) is 29.3 Å². The van der Waals surface area contributed by atoms with Gasteiger partial charge in [-0.15, -0.1) is 0 Å². The van der Waals surface area contributed by atoms with Crippen molar-refractivity contribution < 1.29 is 27.6 Å². The van der Waals surface area contributed by atoms with Crippen molar-refractivity contribution >= 4 is 17.2 Å². The number of carbonyl (C=O) groups excluding carboxylic acids is 1. The van der Waals surface area contributed by atoms with Gasteiger partial charge in [-0.3, -0.25) is 9.79 Å². The van der Waals surface area contributed by atoms with Crippen LogP contribution in [0.2, 0.25) is 0 Å². The summed E-state index contributed by atoms with van der Waals surface area (Å²) in [5, 5.41) is 22.6. The van der Waals surface area contributed by atoms with E-state index < -0.39 is 24.3 Å². The number of nitrogens with zero attached hydrogens (tertiary/aromatic N) is 3. The number of fused-ring (bicyclic) bond motifs is 1. The Labute approximate surface area is 174 Å². The number of halogens is 3. The molecule has 1 N–H and O–H groups in total. The lowest BCUT2D eigenvalue weighted by atomic mass is 9.84. The Balaban J connectivity index is 1.64. The summed E-state index contributed by atoms with van der Waals surface area (Å²) in [7, 11) is 0. The Morgan fingerprint density at radius 2 is 1.94 bits per heavy atom. The lowest BCUT2D eigenvalue weighted by molar-refractivity contribution is -0.121. The average molecular weight is 425 g/mol. The molecule has 156 valence electrons. The fraction of sp³-hybridized carbons (Fsp3) is 0.182. The summed E-state index contributed by atoms with van der Waals surface area (Å²) in [6, 6.07) is 13.9. The Hall–Kier alpha value is -3.93. The highest BCUT2D eigenvalue weighted by Gasteiger charge is 2.39. The summed E-state index contributed by atoms with van der Waals surface area (Å²) in [5.74, 6) is -1.57. The molecule has 1 unspecified atom stereocenters. The normalized spacial score (nSPS) is 15.9. The predicted octanol–water partition coefficient (Wildman–Crippen LogP) is 5.00. The minimum atomic E-state index is -4.52. The molecule has 31 heavy (non-hydrogen) atoms. The number of hydrogen-bond donors (Lipinski definition) is 1. The van der Waals surface area contributed by atoms with E-state index in [-0.39, 0.29) is 46.2 Å². The summed E-state index contributed by atoms with van der Waals surface area (Å²) in [6.07, 6.45) is -5.93. The molecule has 0 amide bonds. The van der Waals surface area contributed by atoms with Gasteiger partial charge in [0.1, 0.15) is 11.8 Å².